The number of hydrogen-bond acceptors (Lipinski definition) is 2. The standard InChI is InChI=1S/CH3NO.Na.H/c1-2-3-1;;/h2H,1H2;;. The molecule has 0 aromatic rings. The molecule has 0 atom stereocenters. The van der Waals surface area contributed by atoms with E-state index in [-0.39, 0.29) is 29.6 Å². The molecule has 1 saturated heterocycles. The number of nitrogens with one attached hydrogen (secondary N) is 1. The molecule has 0 unspecified atom stereocenters. The van der Waals surface area contributed by atoms with Gasteiger partial charge in [0.25, 0.3) is 0 Å². The molecule has 0 spiro atoms. The molecule has 1 N–H and O–H groups in total. The van der Waals surface area contributed by atoms with Crippen molar-refractivity contribution in [2.24, 2.45) is 0 Å². The normalized spacial score (nSPS) is 18.0. The second-order valence-electron chi connectivity index (χ2n) is 0.433. The van der Waals surface area contributed by atoms with Crippen LogP contribution in [0.2, 0.25) is 0 Å². The Labute approximate surface area is 46.8 Å². The summed E-state index contributed by atoms with van der Waals surface area (Å²) in [5.41, 5.74) is 2.50. The summed E-state index contributed by atoms with van der Waals surface area (Å²) >= 11 is 0. The fourth-order valence-electron chi connectivity index (χ4n) is 0. The molecule has 1 heterocycles. The van der Waals surface area contributed by atoms with Crippen molar-refractivity contribution < 1.29 is 4.84 Å². The second kappa shape index (κ2) is 2.18. The van der Waals surface area contributed by atoms with Crippen LogP contribution in [0.15, 0.2) is 0 Å². The Balaban J connectivity index is 0.0000000900. The van der Waals surface area contributed by atoms with Crippen LogP contribution in [-0.2, 0) is 4.84 Å². The maximum absolute atomic E-state index is 4.25. The molecule has 0 saturated carbocycles. The van der Waals surface area contributed by atoms with Gasteiger partial charge in [0, 0.05) is 0 Å². The summed E-state index contributed by atoms with van der Waals surface area (Å²) in [4.78, 5) is 4.25. The molecule has 4 heavy (non-hydrogen) atoms. The van der Waals surface area contributed by atoms with Crippen molar-refractivity contribution in [3.63, 3.8) is 0 Å². The topological polar surface area (TPSA) is 34.5 Å². The third kappa shape index (κ3) is 2.92. The van der Waals surface area contributed by atoms with Gasteiger partial charge < -0.3 is 0 Å². The first-order valence-corrected chi connectivity index (χ1v) is 0.846. The number of hydrogen-bond donors (Lipinski definition) is 1. The number of rotatable bonds is 0. The first kappa shape index (κ1) is 4.92. The van der Waals surface area contributed by atoms with Crippen LogP contribution in [-0.4, -0.2) is 36.3 Å². The number of hydroxylamine groups is 1. The summed E-state index contributed by atoms with van der Waals surface area (Å²) in [6.45, 7) is 0.750. The van der Waals surface area contributed by atoms with Crippen molar-refractivity contribution in [2.75, 3.05) is 6.73 Å². The van der Waals surface area contributed by atoms with Crippen molar-refractivity contribution in [3.05, 3.63) is 0 Å². The molecule has 3 heteroatoms. The summed E-state index contributed by atoms with van der Waals surface area (Å²) in [5.74, 6) is 0. The minimum absolute atomic E-state index is 0. The van der Waals surface area contributed by atoms with E-state index < -0.39 is 0 Å². The zero-order chi connectivity index (χ0) is 2.12. The Hall–Kier alpha value is 0.920. The third-order valence-corrected chi connectivity index (χ3v) is 0.144. The Morgan fingerprint density at radius 1 is 1.75 bits per heavy atom. The molecule has 0 aromatic heterocycles. The van der Waals surface area contributed by atoms with Crippen LogP contribution in [0.3, 0.4) is 0 Å². The molecule has 0 bridgehead atoms. The van der Waals surface area contributed by atoms with Crippen LogP contribution >= 0.6 is 0 Å². The van der Waals surface area contributed by atoms with Gasteiger partial charge in [0.2, 0.25) is 0 Å². The van der Waals surface area contributed by atoms with E-state index in [9.17, 15) is 0 Å². The molecular formula is CH4NNaO. The summed E-state index contributed by atoms with van der Waals surface area (Å²) in [5, 5.41) is 0. The monoisotopic (exact) mass is 69.0 g/mol. The van der Waals surface area contributed by atoms with Crippen molar-refractivity contribution >= 4 is 29.6 Å². The molecule has 2 nitrogen and oxygen atoms in total. The average molecular weight is 69.0 g/mol. The van der Waals surface area contributed by atoms with Crippen molar-refractivity contribution in [2.45, 2.75) is 0 Å². The van der Waals surface area contributed by atoms with E-state index in [1.165, 1.54) is 0 Å². The summed E-state index contributed by atoms with van der Waals surface area (Å²) in [6, 6.07) is 0. The van der Waals surface area contributed by atoms with E-state index in [1.807, 2.05) is 0 Å². The first-order chi connectivity index (χ1) is 1.50. The van der Waals surface area contributed by atoms with Crippen LogP contribution in [0.5, 0.6) is 0 Å². The zero-order valence-electron chi connectivity index (χ0n) is 1.62. The van der Waals surface area contributed by atoms with Gasteiger partial charge >= 0.3 is 29.6 Å². The van der Waals surface area contributed by atoms with Gasteiger partial charge in [-0.25, -0.2) is 0 Å². The predicted octanol–water partition coefficient (Wildman–Crippen LogP) is -1.17. The molecule has 20 valence electrons. The maximum atomic E-state index is 4.25. The van der Waals surface area contributed by atoms with Gasteiger partial charge in [0.1, 0.15) is 6.73 Å². The molecular weight excluding hydrogens is 65.0 g/mol. The zero-order valence-corrected chi connectivity index (χ0v) is 1.62. The van der Waals surface area contributed by atoms with Crippen molar-refractivity contribution in [1.82, 2.24) is 5.48 Å². The van der Waals surface area contributed by atoms with Crippen LogP contribution in [0.4, 0.5) is 0 Å². The van der Waals surface area contributed by atoms with E-state index in [4.69, 9.17) is 0 Å². The summed E-state index contributed by atoms with van der Waals surface area (Å²) in [6.07, 6.45) is 0. The van der Waals surface area contributed by atoms with Crippen molar-refractivity contribution in [1.29, 1.82) is 0 Å². The van der Waals surface area contributed by atoms with Gasteiger partial charge in [-0.2, -0.15) is 5.48 Å². The Kier molecular flexibility index (Phi) is 2.68. The molecule has 0 amide bonds. The fourth-order valence-corrected chi connectivity index (χ4v) is 0. The Morgan fingerprint density at radius 3 is 2.00 bits per heavy atom. The summed E-state index contributed by atoms with van der Waals surface area (Å²) < 4.78 is 0. The van der Waals surface area contributed by atoms with Crippen LogP contribution < -0.4 is 5.48 Å². The molecule has 1 aliphatic rings. The van der Waals surface area contributed by atoms with Gasteiger partial charge in [-0.15, -0.1) is 0 Å². The van der Waals surface area contributed by atoms with Crippen LogP contribution in [0, 0.1) is 0 Å². The van der Waals surface area contributed by atoms with Gasteiger partial charge in [-0.3, -0.25) is 4.84 Å². The minimum atomic E-state index is 0. The van der Waals surface area contributed by atoms with E-state index in [2.05, 4.69) is 10.3 Å². The quantitative estimate of drug-likeness (QED) is 0.287. The summed E-state index contributed by atoms with van der Waals surface area (Å²) in [7, 11) is 0. The van der Waals surface area contributed by atoms with Gasteiger partial charge in [0.15, 0.2) is 0 Å². The molecule has 1 rings (SSSR count). The van der Waals surface area contributed by atoms with Gasteiger partial charge in [0.05, 0.1) is 0 Å². The van der Waals surface area contributed by atoms with Crippen molar-refractivity contribution in [3.8, 4) is 0 Å². The van der Waals surface area contributed by atoms with Crippen LogP contribution in [0.1, 0.15) is 0 Å². The Morgan fingerprint density at radius 2 is 2.00 bits per heavy atom. The van der Waals surface area contributed by atoms with E-state index in [1.54, 1.807) is 0 Å². The predicted molar refractivity (Wildman–Crippen MR) is 16.2 cm³/mol. The molecule has 1 aliphatic heterocycles. The van der Waals surface area contributed by atoms with E-state index in [0.29, 0.717) is 0 Å². The molecule has 0 radical (unpaired) electrons. The van der Waals surface area contributed by atoms with Gasteiger partial charge in [-0.05, 0) is 0 Å². The molecule has 1 fully saturated rings. The first-order valence-electron chi connectivity index (χ1n) is 0.846. The van der Waals surface area contributed by atoms with E-state index in [0.717, 1.165) is 6.73 Å². The third-order valence-electron chi connectivity index (χ3n) is 0.144. The molecule has 0 aromatic carbocycles. The SMILES string of the molecule is C1NO1.[NaH]. The van der Waals surface area contributed by atoms with Crippen LogP contribution in [0.25, 0.3) is 0 Å². The average Bonchev–Trinajstić information content (AvgIpc) is 1.46. The fraction of sp³-hybridized carbons (Fsp3) is 1.00. The second-order valence-corrected chi connectivity index (χ2v) is 0.433. The molecule has 0 aliphatic carbocycles. The van der Waals surface area contributed by atoms with Gasteiger partial charge in [-0.1, -0.05) is 0 Å². The van der Waals surface area contributed by atoms with E-state index >= 15 is 0 Å². The Bertz CT molecular complexity index is 12.8.